The van der Waals surface area contributed by atoms with Crippen molar-refractivity contribution < 1.29 is 0 Å². The van der Waals surface area contributed by atoms with Gasteiger partial charge in [-0.25, -0.2) is 0 Å². The maximum Gasteiger partial charge on any atom is 0.0452 e. The van der Waals surface area contributed by atoms with Crippen molar-refractivity contribution in [3.63, 3.8) is 0 Å². The molecule has 0 aromatic heterocycles. The van der Waals surface area contributed by atoms with E-state index in [0.717, 1.165) is 16.0 Å². The lowest BCUT2D eigenvalue weighted by Crippen LogP contribution is -2.58. The van der Waals surface area contributed by atoms with Gasteiger partial charge in [-0.15, -0.1) is 0 Å². The Labute approximate surface area is 136 Å². The quantitative estimate of drug-likeness (QED) is 0.681. The monoisotopic (exact) mass is 357 g/mol. The Morgan fingerprint density at radius 1 is 1.30 bits per heavy atom. The van der Waals surface area contributed by atoms with Crippen LogP contribution in [0.3, 0.4) is 0 Å². The molecule has 2 unspecified atom stereocenters. The zero-order valence-corrected chi connectivity index (χ0v) is 15.0. The average molecular weight is 359 g/mol. The van der Waals surface area contributed by atoms with Crippen molar-refractivity contribution in [3.05, 3.63) is 33.3 Å². The highest BCUT2D eigenvalue weighted by Crippen LogP contribution is 2.58. The van der Waals surface area contributed by atoms with E-state index in [1.807, 2.05) is 6.07 Å². The summed E-state index contributed by atoms with van der Waals surface area (Å²) < 4.78 is 1.06. The fourth-order valence-corrected chi connectivity index (χ4v) is 4.65. The number of rotatable bonds is 6. The van der Waals surface area contributed by atoms with Gasteiger partial charge in [0.1, 0.15) is 0 Å². The summed E-state index contributed by atoms with van der Waals surface area (Å²) in [5.41, 5.74) is 1.69. The van der Waals surface area contributed by atoms with Gasteiger partial charge in [0.2, 0.25) is 0 Å². The molecule has 0 saturated heterocycles. The topological polar surface area (TPSA) is 12.0 Å². The zero-order valence-electron chi connectivity index (χ0n) is 12.7. The third-order valence-corrected chi connectivity index (χ3v) is 5.98. The molecule has 1 N–H and O–H groups in total. The molecule has 1 fully saturated rings. The van der Waals surface area contributed by atoms with Gasteiger partial charge < -0.3 is 5.32 Å². The first-order valence-electron chi connectivity index (χ1n) is 7.77. The summed E-state index contributed by atoms with van der Waals surface area (Å²) >= 11 is 9.98. The van der Waals surface area contributed by atoms with Crippen LogP contribution in [0, 0.1) is 5.41 Å². The van der Waals surface area contributed by atoms with Crippen LogP contribution in [-0.4, -0.2) is 12.6 Å². The lowest BCUT2D eigenvalue weighted by Gasteiger charge is -2.57. The second-order valence-corrected chi connectivity index (χ2v) is 7.22. The highest BCUT2D eigenvalue weighted by atomic mass is 79.9. The van der Waals surface area contributed by atoms with Crippen LogP contribution in [0.2, 0.25) is 5.02 Å². The van der Waals surface area contributed by atoms with Crippen molar-refractivity contribution in [2.45, 2.75) is 58.4 Å². The molecule has 1 aliphatic carbocycles. The van der Waals surface area contributed by atoms with Crippen molar-refractivity contribution in [1.29, 1.82) is 0 Å². The lowest BCUT2D eigenvalue weighted by molar-refractivity contribution is 0.0202. The maximum absolute atomic E-state index is 6.48. The van der Waals surface area contributed by atoms with Gasteiger partial charge in [-0.2, -0.15) is 0 Å². The molecule has 112 valence electrons. The minimum absolute atomic E-state index is 0.368. The van der Waals surface area contributed by atoms with Crippen molar-refractivity contribution in [1.82, 2.24) is 5.32 Å². The van der Waals surface area contributed by atoms with Crippen LogP contribution in [-0.2, 0) is 0 Å². The highest BCUT2D eigenvalue weighted by Gasteiger charge is 2.52. The molecule has 1 saturated carbocycles. The van der Waals surface area contributed by atoms with E-state index in [9.17, 15) is 0 Å². The van der Waals surface area contributed by atoms with E-state index in [4.69, 9.17) is 11.6 Å². The molecular formula is C17H25BrClN. The zero-order chi connectivity index (χ0) is 14.8. The number of benzene rings is 1. The van der Waals surface area contributed by atoms with Crippen molar-refractivity contribution in [3.8, 4) is 0 Å². The molecule has 1 nitrogen and oxygen atoms in total. The van der Waals surface area contributed by atoms with Crippen molar-refractivity contribution >= 4 is 27.5 Å². The number of nitrogens with one attached hydrogen (secondary N) is 1. The molecule has 2 rings (SSSR count). The minimum atomic E-state index is 0.368. The maximum atomic E-state index is 6.48. The van der Waals surface area contributed by atoms with E-state index in [2.05, 4.69) is 54.2 Å². The van der Waals surface area contributed by atoms with Gasteiger partial charge in [-0.1, -0.05) is 54.4 Å². The molecule has 0 radical (unpaired) electrons. The van der Waals surface area contributed by atoms with Gasteiger partial charge in [-0.3, -0.25) is 0 Å². The molecule has 0 bridgehead atoms. The van der Waals surface area contributed by atoms with Gasteiger partial charge >= 0.3 is 0 Å². The van der Waals surface area contributed by atoms with E-state index < -0.39 is 0 Å². The van der Waals surface area contributed by atoms with Gasteiger partial charge in [0.25, 0.3) is 0 Å². The summed E-state index contributed by atoms with van der Waals surface area (Å²) in [7, 11) is 0. The summed E-state index contributed by atoms with van der Waals surface area (Å²) in [4.78, 5) is 0. The van der Waals surface area contributed by atoms with Gasteiger partial charge in [-0.05, 0) is 61.3 Å². The molecule has 1 aliphatic rings. The molecule has 0 spiro atoms. The Bertz CT molecular complexity index is 456. The Morgan fingerprint density at radius 3 is 2.55 bits per heavy atom. The second kappa shape index (κ2) is 6.81. The molecule has 0 heterocycles. The van der Waals surface area contributed by atoms with Crippen LogP contribution >= 0.6 is 27.5 Å². The van der Waals surface area contributed by atoms with Crippen LogP contribution in [0.5, 0.6) is 0 Å². The standard InChI is InChI=1S/C17H25BrClN/c1-4-9-20-16-11-14(17(16,5-2)6-3)13-8-7-12(18)10-15(13)19/h7-8,10,14,16,20H,4-6,9,11H2,1-3H3. The Morgan fingerprint density at radius 2 is 2.00 bits per heavy atom. The SMILES string of the molecule is CCCNC1CC(c2ccc(Br)cc2Cl)C1(CC)CC. The van der Waals surface area contributed by atoms with E-state index >= 15 is 0 Å². The van der Waals surface area contributed by atoms with Gasteiger partial charge in [0, 0.05) is 15.5 Å². The predicted octanol–water partition coefficient (Wildman–Crippen LogP) is 5.76. The Balaban J connectivity index is 2.24. The molecule has 3 heteroatoms. The summed E-state index contributed by atoms with van der Waals surface area (Å²) in [6.07, 6.45) is 4.83. The third-order valence-electron chi connectivity index (χ3n) is 5.15. The van der Waals surface area contributed by atoms with Crippen LogP contribution < -0.4 is 5.32 Å². The first kappa shape index (κ1) is 16.3. The largest absolute Gasteiger partial charge is 0.313 e. The first-order valence-corrected chi connectivity index (χ1v) is 8.94. The minimum Gasteiger partial charge on any atom is -0.313 e. The molecule has 1 aromatic rings. The highest BCUT2D eigenvalue weighted by molar-refractivity contribution is 9.10. The second-order valence-electron chi connectivity index (χ2n) is 5.90. The van der Waals surface area contributed by atoms with E-state index in [0.29, 0.717) is 17.4 Å². The average Bonchev–Trinajstić information content (AvgIpc) is 2.41. The smallest absolute Gasteiger partial charge is 0.0452 e. The van der Waals surface area contributed by atoms with Gasteiger partial charge in [0.15, 0.2) is 0 Å². The normalized spacial score (nSPS) is 24.4. The summed E-state index contributed by atoms with van der Waals surface area (Å²) in [6, 6.07) is 6.99. The van der Waals surface area contributed by atoms with Crippen LogP contribution in [0.25, 0.3) is 0 Å². The molecular weight excluding hydrogens is 334 g/mol. The van der Waals surface area contributed by atoms with Crippen molar-refractivity contribution in [2.75, 3.05) is 6.54 Å². The van der Waals surface area contributed by atoms with Crippen molar-refractivity contribution in [2.24, 2.45) is 5.41 Å². The van der Waals surface area contributed by atoms with Crippen LogP contribution in [0.4, 0.5) is 0 Å². The Kier molecular flexibility index (Phi) is 5.56. The van der Waals surface area contributed by atoms with E-state index in [-0.39, 0.29) is 0 Å². The molecule has 20 heavy (non-hydrogen) atoms. The summed E-state index contributed by atoms with van der Waals surface area (Å²) in [5.74, 6) is 0.590. The van der Waals surface area contributed by atoms with E-state index in [1.165, 1.54) is 31.2 Å². The third kappa shape index (κ3) is 2.80. The predicted molar refractivity (Wildman–Crippen MR) is 91.6 cm³/mol. The van der Waals surface area contributed by atoms with Crippen LogP contribution in [0.15, 0.2) is 22.7 Å². The fraction of sp³-hybridized carbons (Fsp3) is 0.647. The van der Waals surface area contributed by atoms with Crippen LogP contribution in [0.1, 0.15) is 57.9 Å². The summed E-state index contributed by atoms with van der Waals surface area (Å²) in [6.45, 7) is 7.99. The summed E-state index contributed by atoms with van der Waals surface area (Å²) in [5, 5.41) is 4.65. The fourth-order valence-electron chi connectivity index (χ4n) is 3.85. The first-order chi connectivity index (χ1) is 9.58. The molecule has 0 aliphatic heterocycles. The molecule has 0 amide bonds. The number of halogens is 2. The lowest BCUT2D eigenvalue weighted by atomic mass is 9.51. The number of hydrogen-bond acceptors (Lipinski definition) is 1. The number of hydrogen-bond donors (Lipinski definition) is 1. The molecule has 1 aromatic carbocycles. The van der Waals surface area contributed by atoms with Gasteiger partial charge in [0.05, 0.1) is 0 Å². The van der Waals surface area contributed by atoms with E-state index in [1.54, 1.807) is 0 Å². The molecule has 2 atom stereocenters. The Hall–Kier alpha value is -0.0500.